The molecule has 0 aromatic carbocycles. The molecule has 0 radical (unpaired) electrons. The monoisotopic (exact) mass is 143 g/mol. The Morgan fingerprint density at radius 2 is 2.22 bits per heavy atom. The summed E-state index contributed by atoms with van der Waals surface area (Å²) < 4.78 is 1.97. The summed E-state index contributed by atoms with van der Waals surface area (Å²) in [6, 6.07) is 0. The minimum absolute atomic E-state index is 0.875. The Labute approximate surface area is 60.2 Å². The molecule has 0 N–H and O–H groups in total. The predicted molar refractivity (Wildman–Crippen MR) is 39.8 cm³/mol. The quantitative estimate of drug-likeness (QED) is 0.568. The van der Waals surface area contributed by atoms with E-state index in [1.165, 1.54) is 5.56 Å². The first-order chi connectivity index (χ1) is 4.24. The van der Waals surface area contributed by atoms with Crippen molar-refractivity contribution in [2.24, 2.45) is 7.05 Å². The van der Waals surface area contributed by atoms with Crippen molar-refractivity contribution in [2.45, 2.75) is 13.3 Å². The van der Waals surface area contributed by atoms with Crippen LogP contribution in [0.4, 0.5) is 0 Å². The van der Waals surface area contributed by atoms with Crippen LogP contribution in [0.2, 0.25) is 5.02 Å². The lowest BCUT2D eigenvalue weighted by Crippen LogP contribution is -1.78. The summed E-state index contributed by atoms with van der Waals surface area (Å²) in [6.07, 6.45) is 4.97. The topological polar surface area (TPSA) is 4.93 Å². The molecule has 1 heterocycles. The van der Waals surface area contributed by atoms with E-state index in [1.807, 2.05) is 24.0 Å². The maximum Gasteiger partial charge on any atom is 0.0614 e. The molecule has 0 saturated heterocycles. The first-order valence-electron chi connectivity index (χ1n) is 3.04. The average molecular weight is 144 g/mol. The number of nitrogens with zero attached hydrogens (tertiary/aromatic N) is 1. The van der Waals surface area contributed by atoms with E-state index in [0.717, 1.165) is 11.4 Å². The molecule has 0 aliphatic carbocycles. The van der Waals surface area contributed by atoms with Crippen LogP contribution in [0, 0.1) is 0 Å². The lowest BCUT2D eigenvalue weighted by atomic mass is 10.3. The molecule has 0 amide bonds. The second-order valence-corrected chi connectivity index (χ2v) is 2.56. The molecule has 0 unspecified atom stereocenters. The van der Waals surface area contributed by atoms with Crippen LogP contribution in [0.15, 0.2) is 12.4 Å². The van der Waals surface area contributed by atoms with E-state index < -0.39 is 0 Å². The molecule has 0 fully saturated rings. The van der Waals surface area contributed by atoms with Crippen molar-refractivity contribution in [2.75, 3.05) is 0 Å². The van der Waals surface area contributed by atoms with Gasteiger partial charge in [-0.1, -0.05) is 18.5 Å². The molecule has 9 heavy (non-hydrogen) atoms. The Bertz CT molecular complexity index is 203. The third-order valence-corrected chi connectivity index (χ3v) is 1.70. The summed E-state index contributed by atoms with van der Waals surface area (Å²) in [5, 5.41) is 0.875. The molecule has 0 spiro atoms. The van der Waals surface area contributed by atoms with Crippen molar-refractivity contribution in [3.63, 3.8) is 0 Å². The molecule has 1 aromatic heterocycles. The Morgan fingerprint density at radius 1 is 1.56 bits per heavy atom. The van der Waals surface area contributed by atoms with Crippen molar-refractivity contribution in [1.82, 2.24) is 4.57 Å². The van der Waals surface area contributed by atoms with Crippen LogP contribution in [0.3, 0.4) is 0 Å². The molecule has 0 saturated carbocycles. The van der Waals surface area contributed by atoms with Gasteiger partial charge in [-0.3, -0.25) is 0 Å². The minimum atomic E-state index is 0.875. The smallest absolute Gasteiger partial charge is 0.0614 e. The largest absolute Gasteiger partial charge is 0.355 e. The Balaban J connectivity index is 3.01. The first kappa shape index (κ1) is 6.69. The fourth-order valence-electron chi connectivity index (χ4n) is 0.867. The van der Waals surface area contributed by atoms with E-state index in [-0.39, 0.29) is 0 Å². The van der Waals surface area contributed by atoms with Gasteiger partial charge in [0.05, 0.1) is 5.02 Å². The molecule has 50 valence electrons. The van der Waals surface area contributed by atoms with Gasteiger partial charge in [-0.25, -0.2) is 0 Å². The summed E-state index contributed by atoms with van der Waals surface area (Å²) in [7, 11) is 1.98. The van der Waals surface area contributed by atoms with Gasteiger partial charge < -0.3 is 4.57 Å². The maximum atomic E-state index is 5.82. The summed E-state index contributed by atoms with van der Waals surface area (Å²) in [5.41, 5.74) is 1.22. The molecule has 1 nitrogen and oxygen atoms in total. The molecular weight excluding hydrogens is 134 g/mol. The Morgan fingerprint density at radius 3 is 2.44 bits per heavy atom. The first-order valence-corrected chi connectivity index (χ1v) is 3.42. The van der Waals surface area contributed by atoms with Gasteiger partial charge in [0, 0.05) is 19.4 Å². The molecule has 0 atom stereocenters. The molecule has 1 aromatic rings. The van der Waals surface area contributed by atoms with Crippen LogP contribution in [0.1, 0.15) is 12.5 Å². The van der Waals surface area contributed by atoms with Gasteiger partial charge in [0.1, 0.15) is 0 Å². The van der Waals surface area contributed by atoms with Gasteiger partial charge in [-0.05, 0) is 12.0 Å². The molecule has 0 bridgehead atoms. The molecular formula is C7H10ClN. The van der Waals surface area contributed by atoms with Crippen LogP contribution in [-0.2, 0) is 13.5 Å². The fraction of sp³-hybridized carbons (Fsp3) is 0.429. The number of rotatable bonds is 1. The van der Waals surface area contributed by atoms with E-state index in [9.17, 15) is 0 Å². The molecule has 1 rings (SSSR count). The van der Waals surface area contributed by atoms with Gasteiger partial charge in [-0.15, -0.1) is 0 Å². The average Bonchev–Trinajstić information content (AvgIpc) is 2.10. The van der Waals surface area contributed by atoms with Crippen LogP contribution in [-0.4, -0.2) is 4.57 Å². The summed E-state index contributed by atoms with van der Waals surface area (Å²) in [5.74, 6) is 0. The van der Waals surface area contributed by atoms with Crippen LogP contribution < -0.4 is 0 Å². The predicted octanol–water partition coefficient (Wildman–Crippen LogP) is 2.24. The van der Waals surface area contributed by atoms with Gasteiger partial charge in [-0.2, -0.15) is 0 Å². The van der Waals surface area contributed by atoms with E-state index in [4.69, 9.17) is 11.6 Å². The zero-order chi connectivity index (χ0) is 6.85. The highest BCUT2D eigenvalue weighted by Gasteiger charge is 1.97. The van der Waals surface area contributed by atoms with Crippen molar-refractivity contribution in [3.8, 4) is 0 Å². The SMILES string of the molecule is CCc1cn(C)cc1Cl. The highest BCUT2D eigenvalue weighted by atomic mass is 35.5. The van der Waals surface area contributed by atoms with Gasteiger partial charge in [0.15, 0.2) is 0 Å². The summed E-state index contributed by atoms with van der Waals surface area (Å²) in [4.78, 5) is 0. The van der Waals surface area contributed by atoms with Crippen molar-refractivity contribution in [3.05, 3.63) is 23.0 Å². The van der Waals surface area contributed by atoms with Crippen LogP contribution in [0.5, 0.6) is 0 Å². The summed E-state index contributed by atoms with van der Waals surface area (Å²) >= 11 is 5.82. The third-order valence-electron chi connectivity index (χ3n) is 1.36. The molecule has 0 aliphatic heterocycles. The van der Waals surface area contributed by atoms with E-state index in [0.29, 0.717) is 0 Å². The second kappa shape index (κ2) is 2.44. The number of hydrogen-bond donors (Lipinski definition) is 0. The highest BCUT2D eigenvalue weighted by Crippen LogP contribution is 2.15. The summed E-state index contributed by atoms with van der Waals surface area (Å²) in [6.45, 7) is 2.10. The zero-order valence-corrected chi connectivity index (χ0v) is 6.44. The van der Waals surface area contributed by atoms with Gasteiger partial charge in [0.25, 0.3) is 0 Å². The van der Waals surface area contributed by atoms with Crippen molar-refractivity contribution >= 4 is 11.6 Å². The zero-order valence-electron chi connectivity index (χ0n) is 5.69. The normalized spacial score (nSPS) is 10.1. The Hall–Kier alpha value is -0.430. The lowest BCUT2D eigenvalue weighted by molar-refractivity contribution is 0.919. The highest BCUT2D eigenvalue weighted by molar-refractivity contribution is 6.31. The minimum Gasteiger partial charge on any atom is -0.355 e. The molecule has 2 heteroatoms. The third kappa shape index (κ3) is 1.28. The van der Waals surface area contributed by atoms with Crippen LogP contribution >= 0.6 is 11.6 Å². The number of aromatic nitrogens is 1. The van der Waals surface area contributed by atoms with Crippen LogP contribution in [0.25, 0.3) is 0 Å². The van der Waals surface area contributed by atoms with Gasteiger partial charge >= 0.3 is 0 Å². The standard InChI is InChI=1S/C7H10ClN/c1-3-6-4-9(2)5-7(6)8/h4-5H,3H2,1-2H3. The number of halogens is 1. The second-order valence-electron chi connectivity index (χ2n) is 2.15. The van der Waals surface area contributed by atoms with Gasteiger partial charge in [0.2, 0.25) is 0 Å². The lowest BCUT2D eigenvalue weighted by Gasteiger charge is -1.86. The van der Waals surface area contributed by atoms with E-state index >= 15 is 0 Å². The fourth-order valence-corrected chi connectivity index (χ4v) is 1.20. The van der Waals surface area contributed by atoms with Crippen molar-refractivity contribution < 1.29 is 0 Å². The number of aryl methyl sites for hydroxylation is 2. The number of hydrogen-bond acceptors (Lipinski definition) is 0. The van der Waals surface area contributed by atoms with E-state index in [2.05, 4.69) is 6.92 Å². The van der Waals surface area contributed by atoms with Crippen molar-refractivity contribution in [1.29, 1.82) is 0 Å². The maximum absolute atomic E-state index is 5.82. The molecule has 0 aliphatic rings. The Kier molecular flexibility index (Phi) is 1.81. The van der Waals surface area contributed by atoms with E-state index in [1.54, 1.807) is 0 Å².